The van der Waals surface area contributed by atoms with Crippen LogP contribution < -0.4 is 4.74 Å². The van der Waals surface area contributed by atoms with Crippen LogP contribution >= 0.6 is 11.3 Å². The van der Waals surface area contributed by atoms with Crippen LogP contribution in [0.4, 0.5) is 0 Å². The Hall–Kier alpha value is -2.02. The topological polar surface area (TPSA) is 85.2 Å². The second kappa shape index (κ2) is 4.67. The number of carboxylic acid groups (broad SMARTS) is 1. The number of thiazole rings is 1. The highest BCUT2D eigenvalue weighted by atomic mass is 32.1. The maximum Gasteiger partial charge on any atom is 0.356 e. The second-order valence-electron chi connectivity index (χ2n) is 2.76. The molecule has 0 amide bonds. The summed E-state index contributed by atoms with van der Waals surface area (Å²) >= 11 is 1.47. The minimum Gasteiger partial charge on any atom is -0.476 e. The van der Waals surface area contributed by atoms with Gasteiger partial charge in [-0.2, -0.15) is 0 Å². The van der Waals surface area contributed by atoms with Gasteiger partial charge in [-0.3, -0.25) is 0 Å². The summed E-state index contributed by atoms with van der Waals surface area (Å²) in [6, 6.07) is 0. The van der Waals surface area contributed by atoms with E-state index in [9.17, 15) is 4.79 Å². The Kier molecular flexibility index (Phi) is 3.06. The van der Waals surface area contributed by atoms with Crippen molar-refractivity contribution in [2.45, 2.75) is 6.61 Å². The maximum atomic E-state index is 10.5. The van der Waals surface area contributed by atoms with Crippen LogP contribution in [0.1, 0.15) is 15.5 Å². The maximum absolute atomic E-state index is 10.5. The number of nitrogens with zero attached hydrogens (tertiary/aromatic N) is 3. The first-order chi connectivity index (χ1) is 7.75. The quantitative estimate of drug-likeness (QED) is 0.860. The van der Waals surface area contributed by atoms with E-state index in [1.54, 1.807) is 6.20 Å². The van der Waals surface area contributed by atoms with E-state index in [1.807, 2.05) is 5.38 Å². The van der Waals surface area contributed by atoms with Gasteiger partial charge in [-0.05, 0) is 0 Å². The molecule has 0 aromatic carbocycles. The fraction of sp³-hybridized carbons (Fsp3) is 0.111. The van der Waals surface area contributed by atoms with Crippen molar-refractivity contribution in [2.75, 3.05) is 0 Å². The van der Waals surface area contributed by atoms with Gasteiger partial charge in [-0.25, -0.2) is 19.7 Å². The monoisotopic (exact) mass is 237 g/mol. The lowest BCUT2D eigenvalue weighted by atomic mass is 10.5. The van der Waals surface area contributed by atoms with E-state index in [2.05, 4.69) is 15.0 Å². The number of rotatable bonds is 4. The highest BCUT2D eigenvalue weighted by Gasteiger charge is 2.05. The summed E-state index contributed by atoms with van der Waals surface area (Å²) in [4.78, 5) is 22.0. The van der Waals surface area contributed by atoms with Crippen molar-refractivity contribution in [1.29, 1.82) is 0 Å². The predicted molar refractivity (Wildman–Crippen MR) is 55.4 cm³/mol. The molecule has 6 nitrogen and oxygen atoms in total. The lowest BCUT2D eigenvalue weighted by molar-refractivity contribution is 0.0689. The van der Waals surface area contributed by atoms with E-state index in [1.165, 1.54) is 17.5 Å². The van der Waals surface area contributed by atoms with Gasteiger partial charge in [0.2, 0.25) is 5.88 Å². The Balaban J connectivity index is 1.98. The van der Waals surface area contributed by atoms with Gasteiger partial charge in [0.05, 0.1) is 12.4 Å². The van der Waals surface area contributed by atoms with Gasteiger partial charge in [-0.1, -0.05) is 0 Å². The summed E-state index contributed by atoms with van der Waals surface area (Å²) in [5.74, 6) is -0.834. The summed E-state index contributed by atoms with van der Waals surface area (Å²) in [7, 11) is 0. The molecule has 2 aromatic heterocycles. The normalized spacial score (nSPS) is 10.0. The van der Waals surface area contributed by atoms with E-state index in [0.29, 0.717) is 6.61 Å². The van der Waals surface area contributed by atoms with Gasteiger partial charge >= 0.3 is 5.97 Å². The number of carboxylic acids is 1. The highest BCUT2D eigenvalue weighted by molar-refractivity contribution is 7.09. The highest BCUT2D eigenvalue weighted by Crippen LogP contribution is 2.09. The molecule has 16 heavy (non-hydrogen) atoms. The number of aromatic carboxylic acids is 1. The van der Waals surface area contributed by atoms with Crippen LogP contribution in [0, 0.1) is 0 Å². The van der Waals surface area contributed by atoms with Crippen molar-refractivity contribution < 1.29 is 14.6 Å². The van der Waals surface area contributed by atoms with E-state index in [-0.39, 0.29) is 11.6 Å². The van der Waals surface area contributed by atoms with Crippen molar-refractivity contribution in [1.82, 2.24) is 15.0 Å². The molecular weight excluding hydrogens is 230 g/mol. The summed E-state index contributed by atoms with van der Waals surface area (Å²) in [6.07, 6.45) is 4.11. The Labute approximate surface area is 94.6 Å². The van der Waals surface area contributed by atoms with Crippen molar-refractivity contribution in [2.24, 2.45) is 0 Å². The standard InChI is InChI=1S/C9H7N3O3S/c13-9(14)6-3-12-7(4-11-6)15-5-8-10-1-2-16-8/h1-4H,5H2,(H,13,14). The molecule has 0 saturated carbocycles. The summed E-state index contributed by atoms with van der Waals surface area (Å²) < 4.78 is 5.27. The molecule has 2 heterocycles. The molecule has 7 heteroatoms. The van der Waals surface area contributed by atoms with E-state index in [0.717, 1.165) is 11.2 Å². The van der Waals surface area contributed by atoms with Crippen LogP contribution in [0.2, 0.25) is 0 Å². The molecule has 0 atom stereocenters. The fourth-order valence-corrected chi connectivity index (χ4v) is 1.49. The van der Waals surface area contributed by atoms with Crippen molar-refractivity contribution in [3.63, 3.8) is 0 Å². The van der Waals surface area contributed by atoms with Crippen molar-refractivity contribution >= 4 is 17.3 Å². The molecule has 0 aliphatic rings. The minimum absolute atomic E-state index is 0.110. The number of hydrogen-bond acceptors (Lipinski definition) is 6. The summed E-state index contributed by atoms with van der Waals surface area (Å²) in [6.45, 7) is 0.304. The summed E-state index contributed by atoms with van der Waals surface area (Å²) in [5.41, 5.74) is -0.110. The number of ether oxygens (including phenoxy) is 1. The average Bonchev–Trinajstić information content (AvgIpc) is 2.80. The lowest BCUT2D eigenvalue weighted by Crippen LogP contribution is -2.03. The largest absolute Gasteiger partial charge is 0.476 e. The third kappa shape index (κ3) is 2.51. The van der Waals surface area contributed by atoms with Gasteiger partial charge in [-0.15, -0.1) is 11.3 Å². The molecule has 1 N–H and O–H groups in total. The molecule has 0 radical (unpaired) electrons. The molecule has 0 spiro atoms. The minimum atomic E-state index is -1.11. The Morgan fingerprint density at radius 2 is 2.25 bits per heavy atom. The molecule has 0 aliphatic heterocycles. The van der Waals surface area contributed by atoms with Crippen LogP contribution in [0.15, 0.2) is 24.0 Å². The third-order valence-corrected chi connectivity index (χ3v) is 2.43. The molecule has 0 aliphatic carbocycles. The van der Waals surface area contributed by atoms with Gasteiger partial charge in [0.25, 0.3) is 0 Å². The van der Waals surface area contributed by atoms with Crippen molar-refractivity contribution in [3.05, 3.63) is 34.7 Å². The predicted octanol–water partition coefficient (Wildman–Crippen LogP) is 1.21. The zero-order chi connectivity index (χ0) is 11.4. The number of hydrogen-bond donors (Lipinski definition) is 1. The number of carbonyl (C=O) groups is 1. The average molecular weight is 237 g/mol. The van der Waals surface area contributed by atoms with Gasteiger partial charge in [0.1, 0.15) is 11.6 Å². The van der Waals surface area contributed by atoms with Gasteiger partial charge in [0, 0.05) is 11.6 Å². The van der Waals surface area contributed by atoms with E-state index >= 15 is 0 Å². The first-order valence-electron chi connectivity index (χ1n) is 4.32. The number of aromatic nitrogens is 3. The third-order valence-electron chi connectivity index (χ3n) is 1.67. The molecule has 0 fully saturated rings. The van der Waals surface area contributed by atoms with E-state index < -0.39 is 5.97 Å². The van der Waals surface area contributed by atoms with Crippen LogP contribution in [0.3, 0.4) is 0 Å². The van der Waals surface area contributed by atoms with Crippen LogP contribution in [0.25, 0.3) is 0 Å². The smallest absolute Gasteiger partial charge is 0.356 e. The van der Waals surface area contributed by atoms with Gasteiger partial charge in [0.15, 0.2) is 5.69 Å². The fourth-order valence-electron chi connectivity index (χ4n) is 0.961. The SMILES string of the molecule is O=C(O)c1cnc(OCc2nccs2)cn1. The van der Waals surface area contributed by atoms with Crippen LogP contribution in [-0.2, 0) is 6.61 Å². The Bertz CT molecular complexity index is 469. The first-order valence-corrected chi connectivity index (χ1v) is 5.20. The molecular formula is C9H7N3O3S. The van der Waals surface area contributed by atoms with Gasteiger partial charge < -0.3 is 9.84 Å². The zero-order valence-corrected chi connectivity index (χ0v) is 8.85. The molecule has 0 unspecified atom stereocenters. The van der Waals surface area contributed by atoms with Crippen LogP contribution in [0.5, 0.6) is 5.88 Å². The molecule has 82 valence electrons. The lowest BCUT2D eigenvalue weighted by Gasteiger charge is -2.01. The van der Waals surface area contributed by atoms with E-state index in [4.69, 9.17) is 9.84 Å². The molecule has 2 rings (SSSR count). The molecule has 0 saturated heterocycles. The first kappa shape index (κ1) is 10.5. The van der Waals surface area contributed by atoms with Crippen LogP contribution in [-0.4, -0.2) is 26.0 Å². The van der Waals surface area contributed by atoms with Crippen molar-refractivity contribution in [3.8, 4) is 5.88 Å². The molecule has 0 bridgehead atoms. The molecule has 2 aromatic rings. The summed E-state index contributed by atoms with van der Waals surface area (Å²) in [5, 5.41) is 11.3. The Morgan fingerprint density at radius 1 is 1.38 bits per heavy atom. The second-order valence-corrected chi connectivity index (χ2v) is 3.74. The zero-order valence-electron chi connectivity index (χ0n) is 8.03. The Morgan fingerprint density at radius 3 is 2.81 bits per heavy atom.